The molecule has 1 saturated carbocycles. The smallest absolute Gasteiger partial charge is 0.320 e. The highest BCUT2D eigenvalue weighted by molar-refractivity contribution is 7.98. The van der Waals surface area contributed by atoms with Gasteiger partial charge in [0.2, 0.25) is 0 Å². The van der Waals surface area contributed by atoms with Gasteiger partial charge in [0.05, 0.1) is 0 Å². The van der Waals surface area contributed by atoms with Crippen molar-refractivity contribution >= 4 is 17.7 Å². The Morgan fingerprint density at radius 1 is 1.75 bits per heavy atom. The summed E-state index contributed by atoms with van der Waals surface area (Å²) in [5, 5.41) is 11.9. The number of nitrogens with one attached hydrogen (secondary N) is 1. The molecule has 0 spiro atoms. The summed E-state index contributed by atoms with van der Waals surface area (Å²) in [6, 6.07) is -0.294. The molecule has 0 aliphatic heterocycles. The summed E-state index contributed by atoms with van der Waals surface area (Å²) in [6.45, 7) is 0.800. The SMILES string of the molecule is CSCCNC(C(=O)O)C1CC1. The van der Waals surface area contributed by atoms with E-state index >= 15 is 0 Å². The number of thioether (sulfide) groups is 1. The third-order valence-electron chi connectivity index (χ3n) is 2.03. The van der Waals surface area contributed by atoms with E-state index in [1.807, 2.05) is 6.26 Å². The molecule has 0 aromatic heterocycles. The molecule has 1 fully saturated rings. The highest BCUT2D eigenvalue weighted by Gasteiger charge is 2.35. The molecule has 3 nitrogen and oxygen atoms in total. The van der Waals surface area contributed by atoms with Crippen LogP contribution in [0.5, 0.6) is 0 Å². The second kappa shape index (κ2) is 4.72. The zero-order valence-corrected chi connectivity index (χ0v) is 8.06. The maximum Gasteiger partial charge on any atom is 0.320 e. The van der Waals surface area contributed by atoms with Gasteiger partial charge in [-0.05, 0) is 25.0 Å². The van der Waals surface area contributed by atoms with Crippen LogP contribution in [0.2, 0.25) is 0 Å². The summed E-state index contributed by atoms with van der Waals surface area (Å²) >= 11 is 1.73. The minimum Gasteiger partial charge on any atom is -0.480 e. The van der Waals surface area contributed by atoms with Gasteiger partial charge in [-0.1, -0.05) is 0 Å². The molecule has 0 heterocycles. The highest BCUT2D eigenvalue weighted by atomic mass is 32.2. The van der Waals surface area contributed by atoms with Gasteiger partial charge in [0.25, 0.3) is 0 Å². The van der Waals surface area contributed by atoms with Crippen LogP contribution in [0.1, 0.15) is 12.8 Å². The van der Waals surface area contributed by atoms with Gasteiger partial charge in [-0.15, -0.1) is 0 Å². The van der Waals surface area contributed by atoms with Crippen LogP contribution in [0.15, 0.2) is 0 Å². The lowest BCUT2D eigenvalue weighted by Crippen LogP contribution is -2.39. The van der Waals surface area contributed by atoms with Gasteiger partial charge < -0.3 is 10.4 Å². The van der Waals surface area contributed by atoms with Gasteiger partial charge in [-0.2, -0.15) is 11.8 Å². The second-order valence-electron chi connectivity index (χ2n) is 3.10. The standard InChI is InChI=1S/C8H15NO2S/c1-12-5-4-9-7(8(10)11)6-2-3-6/h6-7,9H,2-5H2,1H3,(H,10,11). The van der Waals surface area contributed by atoms with Crippen molar-refractivity contribution in [1.82, 2.24) is 5.32 Å². The van der Waals surface area contributed by atoms with Crippen LogP contribution in [0.25, 0.3) is 0 Å². The molecular weight excluding hydrogens is 174 g/mol. The van der Waals surface area contributed by atoms with Gasteiger partial charge in [0, 0.05) is 12.3 Å². The van der Waals surface area contributed by atoms with Crippen LogP contribution in [-0.2, 0) is 4.79 Å². The molecule has 1 aliphatic carbocycles. The molecule has 2 N–H and O–H groups in total. The summed E-state index contributed by atoms with van der Waals surface area (Å²) in [7, 11) is 0. The van der Waals surface area contributed by atoms with E-state index < -0.39 is 5.97 Å². The molecule has 0 radical (unpaired) electrons. The Labute approximate surface area is 76.9 Å². The van der Waals surface area contributed by atoms with Crippen molar-refractivity contribution in [2.45, 2.75) is 18.9 Å². The summed E-state index contributed by atoms with van der Waals surface area (Å²) in [4.78, 5) is 10.7. The first-order valence-electron chi connectivity index (χ1n) is 4.21. The van der Waals surface area contributed by atoms with E-state index in [9.17, 15) is 4.79 Å². The minimum atomic E-state index is -0.696. The third kappa shape index (κ3) is 3.03. The van der Waals surface area contributed by atoms with E-state index in [1.54, 1.807) is 11.8 Å². The lowest BCUT2D eigenvalue weighted by atomic mass is 10.2. The van der Waals surface area contributed by atoms with Gasteiger partial charge >= 0.3 is 5.97 Å². The van der Waals surface area contributed by atoms with E-state index in [2.05, 4.69) is 5.32 Å². The molecule has 1 atom stereocenters. The summed E-state index contributed by atoms with van der Waals surface area (Å²) in [5.41, 5.74) is 0. The van der Waals surface area contributed by atoms with E-state index in [0.29, 0.717) is 5.92 Å². The molecule has 1 unspecified atom stereocenters. The first-order chi connectivity index (χ1) is 5.75. The van der Waals surface area contributed by atoms with Crippen LogP contribution in [0.4, 0.5) is 0 Å². The summed E-state index contributed by atoms with van der Waals surface area (Å²) in [5.74, 6) is 0.680. The molecule has 4 heteroatoms. The third-order valence-corrected chi connectivity index (χ3v) is 2.64. The molecule has 12 heavy (non-hydrogen) atoms. The number of rotatable bonds is 6. The second-order valence-corrected chi connectivity index (χ2v) is 4.09. The lowest BCUT2D eigenvalue weighted by molar-refractivity contribution is -0.140. The van der Waals surface area contributed by atoms with Crippen molar-refractivity contribution < 1.29 is 9.90 Å². The first kappa shape index (κ1) is 9.86. The monoisotopic (exact) mass is 189 g/mol. The zero-order valence-electron chi connectivity index (χ0n) is 7.25. The maximum atomic E-state index is 10.7. The van der Waals surface area contributed by atoms with E-state index in [4.69, 9.17) is 5.11 Å². The van der Waals surface area contributed by atoms with Crippen LogP contribution < -0.4 is 5.32 Å². The predicted octanol–water partition coefficient (Wildman–Crippen LogP) is 0.802. The van der Waals surface area contributed by atoms with Crippen LogP contribution >= 0.6 is 11.8 Å². The number of carboxylic acid groups (broad SMARTS) is 1. The molecule has 1 rings (SSSR count). The van der Waals surface area contributed by atoms with Crippen molar-refractivity contribution in [3.8, 4) is 0 Å². The Bertz CT molecular complexity index is 159. The highest BCUT2D eigenvalue weighted by Crippen LogP contribution is 2.32. The molecule has 0 amide bonds. The first-order valence-corrected chi connectivity index (χ1v) is 5.60. The van der Waals surface area contributed by atoms with Crippen LogP contribution in [0, 0.1) is 5.92 Å². The fourth-order valence-electron chi connectivity index (χ4n) is 1.20. The van der Waals surface area contributed by atoms with Gasteiger partial charge in [0.1, 0.15) is 6.04 Å². The summed E-state index contributed by atoms with van der Waals surface area (Å²) < 4.78 is 0. The largest absolute Gasteiger partial charge is 0.480 e. The van der Waals surface area contributed by atoms with Crippen molar-refractivity contribution in [3.05, 3.63) is 0 Å². The number of carboxylic acids is 1. The topological polar surface area (TPSA) is 49.3 Å². The van der Waals surface area contributed by atoms with Gasteiger partial charge in [0.15, 0.2) is 0 Å². The summed E-state index contributed by atoms with van der Waals surface area (Å²) in [6.07, 6.45) is 4.17. The molecule has 0 aromatic carbocycles. The quantitative estimate of drug-likeness (QED) is 0.607. The van der Waals surface area contributed by atoms with Gasteiger partial charge in [-0.25, -0.2) is 0 Å². The number of aliphatic carboxylic acids is 1. The molecule has 0 saturated heterocycles. The zero-order chi connectivity index (χ0) is 8.97. The predicted molar refractivity (Wildman–Crippen MR) is 50.5 cm³/mol. The normalized spacial score (nSPS) is 19.1. The Kier molecular flexibility index (Phi) is 3.88. The van der Waals surface area contributed by atoms with Crippen LogP contribution in [-0.4, -0.2) is 35.7 Å². The molecule has 0 aromatic rings. The average molecular weight is 189 g/mol. The Balaban J connectivity index is 2.19. The van der Waals surface area contributed by atoms with Crippen molar-refractivity contribution in [1.29, 1.82) is 0 Å². The maximum absolute atomic E-state index is 10.7. The average Bonchev–Trinajstić information content (AvgIpc) is 2.80. The van der Waals surface area contributed by atoms with Crippen molar-refractivity contribution in [2.24, 2.45) is 5.92 Å². The van der Waals surface area contributed by atoms with E-state index in [1.165, 1.54) is 0 Å². The van der Waals surface area contributed by atoms with Crippen molar-refractivity contribution in [3.63, 3.8) is 0 Å². The Morgan fingerprint density at radius 3 is 2.83 bits per heavy atom. The molecular formula is C8H15NO2S. The van der Waals surface area contributed by atoms with E-state index in [0.717, 1.165) is 25.1 Å². The van der Waals surface area contributed by atoms with E-state index in [-0.39, 0.29) is 6.04 Å². The van der Waals surface area contributed by atoms with Crippen LogP contribution in [0.3, 0.4) is 0 Å². The Morgan fingerprint density at radius 2 is 2.42 bits per heavy atom. The lowest BCUT2D eigenvalue weighted by Gasteiger charge is -2.12. The van der Waals surface area contributed by atoms with Gasteiger partial charge in [-0.3, -0.25) is 4.79 Å². The minimum absolute atomic E-state index is 0.294. The fraction of sp³-hybridized carbons (Fsp3) is 0.875. The van der Waals surface area contributed by atoms with Crippen molar-refractivity contribution in [2.75, 3.05) is 18.6 Å². The number of hydrogen-bond donors (Lipinski definition) is 2. The molecule has 1 aliphatic rings. The Hall–Kier alpha value is -0.220. The number of hydrogen-bond acceptors (Lipinski definition) is 3. The number of carbonyl (C=O) groups is 1. The fourth-order valence-corrected chi connectivity index (χ4v) is 1.52. The molecule has 0 bridgehead atoms. The molecule has 70 valence electrons.